The average molecular weight is 794 g/mol. The third-order valence-electron chi connectivity index (χ3n) is 9.24. The van der Waals surface area contributed by atoms with Crippen molar-refractivity contribution in [3.63, 3.8) is 0 Å². The molecule has 274 valence electrons. The summed E-state index contributed by atoms with van der Waals surface area (Å²) in [4.78, 5) is 9.20. The first-order valence-electron chi connectivity index (χ1n) is 34.5. The van der Waals surface area contributed by atoms with E-state index in [1.807, 2.05) is 0 Å². The maximum atomic E-state index is 10.6. The Morgan fingerprint density at radius 2 is 0.828 bits per heavy atom. The Hall–Kier alpha value is -7.34. The Bertz CT molecular complexity index is 4960. The monoisotopic (exact) mass is 794 g/mol. The van der Waals surface area contributed by atoms with Crippen LogP contribution in [0.4, 0.5) is 0 Å². The number of para-hydroxylation sites is 4. The fraction of sp³-hybridized carbons (Fsp3) is 0.0189. The second-order valence-electron chi connectivity index (χ2n) is 12.4. The van der Waals surface area contributed by atoms with Crippen LogP contribution in [-0.4, -0.2) is 27.2 Å². The highest BCUT2D eigenvalue weighted by Crippen LogP contribution is 2.35. The van der Waals surface area contributed by atoms with Crippen molar-refractivity contribution in [2.75, 3.05) is 0 Å². The predicted molar refractivity (Wildman–Crippen MR) is 244 cm³/mol. The van der Waals surface area contributed by atoms with Crippen molar-refractivity contribution in [1.82, 2.24) is 19.1 Å². The lowest BCUT2D eigenvalue weighted by Gasteiger charge is -2.34. The van der Waals surface area contributed by atoms with Gasteiger partial charge in [0.05, 0.1) is 75.7 Å². The van der Waals surface area contributed by atoms with E-state index in [1.54, 1.807) is 0 Å². The number of hydrogen-bond acceptors (Lipinski definition) is 2. The SMILES string of the molecule is [2H]c1c(-c2c([2H])c([2H])c([2H])c([Si](c3c([2H])c([2H])c([2H])c([2H])c3[2H])(c3c([2H])c([2H])c([2H])c([2H])c3[2H])c3c([2H])c([2H])c(C)c([2H])c3[2H])c2[2H])nc(-n2c3c([2H])c([2H])c([2H])c([2H])c3c3c([2H])c([2H])c([2H])c([2H])c32)nc1-n1c2c([2H])c([2H])c([2H])c([2H])c2c2c([2H])c([2H])c([2H])c([2H])c21. The number of aromatic nitrogens is 4. The molecule has 3 heterocycles. The Balaban J connectivity index is 1.51. The zero-order valence-corrected chi connectivity index (χ0v) is 30.3. The summed E-state index contributed by atoms with van der Waals surface area (Å²) in [5.41, 5.74) is -6.03. The molecule has 0 aliphatic rings. The van der Waals surface area contributed by atoms with Gasteiger partial charge in [0.2, 0.25) is 5.95 Å². The zero-order chi connectivity index (χ0) is 69.1. The maximum absolute atomic E-state index is 10.6. The molecule has 8 aromatic carbocycles. The van der Waals surface area contributed by atoms with E-state index in [4.69, 9.17) is 24.7 Å². The quantitative estimate of drug-likeness (QED) is 0.119. The highest BCUT2D eigenvalue weighted by molar-refractivity contribution is 7.19. The highest BCUT2D eigenvalue weighted by atomic mass is 28.3. The van der Waals surface area contributed by atoms with Crippen LogP contribution >= 0.6 is 0 Å². The molecule has 11 rings (SSSR count). The summed E-state index contributed by atoms with van der Waals surface area (Å²) in [6.07, 6.45) is 0. The number of benzene rings is 8. The molecule has 0 aliphatic carbocycles. The fourth-order valence-electron chi connectivity index (χ4n) is 6.80. The second-order valence-corrected chi connectivity index (χ2v) is 15.9. The van der Waals surface area contributed by atoms with Gasteiger partial charge in [0, 0.05) is 33.2 Å². The molecule has 0 bridgehead atoms. The maximum Gasteiger partial charge on any atom is 0.237 e. The number of fused-ring (bicyclic) bond motifs is 6. The van der Waals surface area contributed by atoms with E-state index in [0.29, 0.717) is 9.13 Å². The molecule has 0 N–H and O–H groups in total. The van der Waals surface area contributed by atoms with Crippen LogP contribution in [0.2, 0.25) is 0 Å². The van der Waals surface area contributed by atoms with Crippen LogP contribution < -0.4 is 20.7 Å². The van der Waals surface area contributed by atoms with E-state index >= 15 is 0 Å². The molecule has 0 aliphatic heterocycles. The molecule has 0 radical (unpaired) electrons. The van der Waals surface area contributed by atoms with Gasteiger partial charge in [-0.25, -0.2) is 4.98 Å². The van der Waals surface area contributed by atoms with Crippen molar-refractivity contribution in [2.45, 2.75) is 6.92 Å². The van der Waals surface area contributed by atoms with Crippen LogP contribution in [0.25, 0.3) is 66.6 Å². The molecule has 0 amide bonds. The summed E-state index contributed by atoms with van der Waals surface area (Å²) >= 11 is 0. The van der Waals surface area contributed by atoms with Crippen LogP contribution in [0.5, 0.6) is 0 Å². The van der Waals surface area contributed by atoms with Gasteiger partial charge in [-0.1, -0.05) is 187 Å². The molecule has 0 spiro atoms. The smallest absolute Gasteiger partial charge is 0.237 e. The van der Waals surface area contributed by atoms with E-state index < -0.39 is 313 Å². The topological polar surface area (TPSA) is 35.6 Å². The minimum Gasteiger partial charge on any atom is -0.294 e. The molecular weight excluding hydrogens is 721 g/mol. The molecule has 0 unspecified atom stereocenters. The Morgan fingerprint density at radius 1 is 0.397 bits per heavy atom. The lowest BCUT2D eigenvalue weighted by Crippen LogP contribution is -2.74. The van der Waals surface area contributed by atoms with E-state index in [1.165, 1.54) is 0 Å². The van der Waals surface area contributed by atoms with Crippen molar-refractivity contribution >= 4 is 72.4 Å². The van der Waals surface area contributed by atoms with Gasteiger partial charge in [-0.05, 0) is 51.8 Å². The van der Waals surface area contributed by atoms with Crippen LogP contribution in [-0.2, 0) is 0 Å². The molecule has 3 aromatic heterocycles. The van der Waals surface area contributed by atoms with Crippen molar-refractivity contribution < 1.29 is 48.0 Å². The van der Waals surface area contributed by atoms with E-state index in [2.05, 4.69) is 9.97 Å². The standard InChI is InChI=1S/C53H38N4Si/c1-37-31-33-41(34-32-37)58(39-18-4-2-5-19-39,40-20-6-3-7-21-40)42-22-16-17-38(35-42)47-36-52(56-48-27-12-8-23-43(48)44-24-9-13-28-49(44)56)55-53(54-47)57-50-29-14-10-25-45(50)46-26-11-15-30-51(46)57/h2-36H,1H3/i2D,3D,4D,5D,6D,7D,8D,9D,10D,11D,12D,13D,14D,15D,16D,17D,18D,19D,20D,21D,22D,23D,24D,25D,26D,27D,28D,29D,30D,31D,32D,33D,34D,35D,36D. The minimum atomic E-state index is -6.57. The number of hydrogen-bond donors (Lipinski definition) is 0. The highest BCUT2D eigenvalue weighted by Gasteiger charge is 2.41. The van der Waals surface area contributed by atoms with Crippen LogP contribution in [0.3, 0.4) is 0 Å². The largest absolute Gasteiger partial charge is 0.294 e. The second kappa shape index (κ2) is 13.7. The summed E-state index contributed by atoms with van der Waals surface area (Å²) in [5.74, 6) is -2.26. The Morgan fingerprint density at radius 3 is 1.34 bits per heavy atom. The number of nitrogens with zero attached hydrogens (tertiary/aromatic N) is 4. The van der Waals surface area contributed by atoms with Crippen molar-refractivity contribution in [3.8, 4) is 23.0 Å². The average Bonchev–Trinajstić information content (AvgIpc) is 0.939. The van der Waals surface area contributed by atoms with Crippen molar-refractivity contribution in [2.24, 2.45) is 0 Å². The van der Waals surface area contributed by atoms with E-state index in [-0.39, 0.29) is 0 Å². The van der Waals surface area contributed by atoms with Crippen molar-refractivity contribution in [3.05, 3.63) is 217 Å². The number of rotatable bonds is 7. The first-order valence-corrected chi connectivity index (χ1v) is 19.0. The molecule has 0 atom stereocenters. The first-order chi connectivity index (χ1) is 43.2. The first kappa shape index (κ1) is 13.7. The van der Waals surface area contributed by atoms with Gasteiger partial charge in [-0.15, -0.1) is 0 Å². The summed E-state index contributed by atoms with van der Waals surface area (Å²) in [5, 5.41) is -7.43. The minimum absolute atomic E-state index is 0.418. The van der Waals surface area contributed by atoms with Gasteiger partial charge in [-0.2, -0.15) is 4.98 Å². The summed E-state index contributed by atoms with van der Waals surface area (Å²) in [7, 11) is -6.57. The summed E-state index contributed by atoms with van der Waals surface area (Å²) < 4.78 is 326. The molecule has 0 saturated heterocycles. The Kier molecular flexibility index (Phi) is 3.22. The van der Waals surface area contributed by atoms with Gasteiger partial charge in [-0.3, -0.25) is 9.13 Å². The van der Waals surface area contributed by atoms with Gasteiger partial charge in [0.25, 0.3) is 0 Å². The molecule has 5 heteroatoms. The predicted octanol–water partition coefficient (Wildman–Crippen LogP) is 10.0. The summed E-state index contributed by atoms with van der Waals surface area (Å²) in [6, 6.07) is -39.6. The van der Waals surface area contributed by atoms with Crippen molar-refractivity contribution in [1.29, 1.82) is 0 Å². The van der Waals surface area contributed by atoms with Gasteiger partial charge >= 0.3 is 0 Å². The molecular formula is C53H38N4Si. The van der Waals surface area contributed by atoms with Crippen LogP contribution in [0.1, 0.15) is 53.5 Å². The molecule has 0 fully saturated rings. The normalized spacial score (nSPS) is 20.3. The fourth-order valence-corrected chi connectivity index (χ4v) is 10.4. The van der Waals surface area contributed by atoms with Gasteiger partial charge in [0.15, 0.2) is 8.07 Å². The third kappa shape index (κ3) is 5.28. The summed E-state index contributed by atoms with van der Waals surface area (Å²) in [6.45, 7) is 1.12. The van der Waals surface area contributed by atoms with Gasteiger partial charge < -0.3 is 0 Å². The molecule has 0 saturated carbocycles. The molecule has 4 nitrogen and oxygen atoms in total. The van der Waals surface area contributed by atoms with E-state index in [0.717, 1.165) is 6.92 Å². The molecule has 58 heavy (non-hydrogen) atoms. The molecule has 11 aromatic rings. The Labute approximate surface area is 387 Å². The van der Waals surface area contributed by atoms with Crippen LogP contribution in [0, 0.1) is 6.92 Å². The lowest BCUT2D eigenvalue weighted by atomic mass is 10.1. The van der Waals surface area contributed by atoms with E-state index in [9.17, 15) is 23.3 Å². The zero-order valence-electron chi connectivity index (χ0n) is 64.3. The third-order valence-corrected chi connectivity index (χ3v) is 13.2. The van der Waals surface area contributed by atoms with Crippen LogP contribution in [0.15, 0.2) is 211 Å². The lowest BCUT2D eigenvalue weighted by molar-refractivity contribution is 0.952. The van der Waals surface area contributed by atoms with Gasteiger partial charge in [0.1, 0.15) is 5.82 Å².